The van der Waals surface area contributed by atoms with Crippen molar-refractivity contribution >= 4 is 11.3 Å². The molecular formula is C11H16N4OS. The predicted molar refractivity (Wildman–Crippen MR) is 67.4 cm³/mol. The van der Waals surface area contributed by atoms with Crippen LogP contribution in [0, 0.1) is 13.8 Å². The molecule has 0 spiro atoms. The van der Waals surface area contributed by atoms with Crippen molar-refractivity contribution in [1.82, 2.24) is 14.8 Å². The van der Waals surface area contributed by atoms with Gasteiger partial charge in [0, 0.05) is 18.1 Å². The molecule has 0 bridgehead atoms. The van der Waals surface area contributed by atoms with Gasteiger partial charge in [0.05, 0.1) is 24.4 Å². The summed E-state index contributed by atoms with van der Waals surface area (Å²) in [6.07, 6.45) is 0. The lowest BCUT2D eigenvalue weighted by Crippen LogP contribution is -2.13. The quantitative estimate of drug-likeness (QED) is 0.900. The molecule has 1 unspecified atom stereocenters. The Balaban J connectivity index is 2.46. The number of aromatic nitrogens is 3. The number of nitrogens with zero attached hydrogens (tertiary/aromatic N) is 3. The second-order valence-electron chi connectivity index (χ2n) is 3.94. The van der Waals surface area contributed by atoms with Gasteiger partial charge in [-0.25, -0.2) is 9.67 Å². The summed E-state index contributed by atoms with van der Waals surface area (Å²) in [6.45, 7) is 3.89. The van der Waals surface area contributed by atoms with Crippen LogP contribution in [0.15, 0.2) is 5.38 Å². The first kappa shape index (κ1) is 12.1. The minimum atomic E-state index is -0.280. The Kier molecular flexibility index (Phi) is 3.17. The van der Waals surface area contributed by atoms with E-state index < -0.39 is 0 Å². The molecule has 0 aliphatic carbocycles. The van der Waals surface area contributed by atoms with E-state index in [0.29, 0.717) is 5.88 Å². The van der Waals surface area contributed by atoms with Gasteiger partial charge in [0.2, 0.25) is 5.88 Å². The number of ether oxygens (including phenoxy) is 1. The molecule has 2 N–H and O–H groups in total. The van der Waals surface area contributed by atoms with Crippen molar-refractivity contribution in [1.29, 1.82) is 0 Å². The van der Waals surface area contributed by atoms with Crippen LogP contribution in [0.1, 0.15) is 28.0 Å². The van der Waals surface area contributed by atoms with Crippen LogP contribution >= 0.6 is 11.3 Å². The van der Waals surface area contributed by atoms with Crippen LogP contribution < -0.4 is 10.5 Å². The molecule has 0 aliphatic heterocycles. The first-order chi connectivity index (χ1) is 8.04. The maximum Gasteiger partial charge on any atom is 0.216 e. The standard InChI is InChI=1S/C11H16N4OS/c1-6-5-17-10(13-6)9(12)8-7(2)14-15(3)11(8)16-4/h5,9H,12H2,1-4H3. The van der Waals surface area contributed by atoms with Gasteiger partial charge in [-0.2, -0.15) is 5.10 Å². The van der Waals surface area contributed by atoms with Crippen LogP contribution in [0.3, 0.4) is 0 Å². The fraction of sp³-hybridized carbons (Fsp3) is 0.455. The normalized spacial score (nSPS) is 12.8. The third-order valence-corrected chi connectivity index (χ3v) is 3.67. The Labute approximate surface area is 104 Å². The Morgan fingerprint density at radius 2 is 2.18 bits per heavy atom. The van der Waals surface area contributed by atoms with Crippen molar-refractivity contribution in [3.8, 4) is 5.88 Å². The van der Waals surface area contributed by atoms with Crippen LogP contribution in [0.4, 0.5) is 0 Å². The Morgan fingerprint density at radius 3 is 2.71 bits per heavy atom. The highest BCUT2D eigenvalue weighted by atomic mass is 32.1. The first-order valence-electron chi connectivity index (χ1n) is 5.29. The average Bonchev–Trinajstić information content (AvgIpc) is 2.81. The fourth-order valence-corrected chi connectivity index (χ4v) is 2.70. The van der Waals surface area contributed by atoms with Gasteiger partial charge in [-0.05, 0) is 13.8 Å². The highest BCUT2D eigenvalue weighted by Crippen LogP contribution is 2.31. The van der Waals surface area contributed by atoms with Gasteiger partial charge in [0.25, 0.3) is 0 Å². The lowest BCUT2D eigenvalue weighted by atomic mass is 10.1. The predicted octanol–water partition coefficient (Wildman–Crippen LogP) is 1.55. The third kappa shape index (κ3) is 2.05. The van der Waals surface area contributed by atoms with E-state index >= 15 is 0 Å². The smallest absolute Gasteiger partial charge is 0.216 e. The van der Waals surface area contributed by atoms with Gasteiger partial charge in [-0.15, -0.1) is 11.3 Å². The van der Waals surface area contributed by atoms with Gasteiger partial charge < -0.3 is 10.5 Å². The van der Waals surface area contributed by atoms with Gasteiger partial charge >= 0.3 is 0 Å². The molecule has 1 atom stereocenters. The molecule has 92 valence electrons. The molecule has 0 aliphatic rings. The zero-order valence-corrected chi connectivity index (χ0v) is 11.2. The largest absolute Gasteiger partial charge is 0.481 e. The topological polar surface area (TPSA) is 66.0 Å². The highest BCUT2D eigenvalue weighted by Gasteiger charge is 2.23. The van der Waals surface area contributed by atoms with Gasteiger partial charge in [0.15, 0.2) is 0 Å². The SMILES string of the molecule is COc1c(C(N)c2nc(C)cs2)c(C)nn1C. The van der Waals surface area contributed by atoms with Crippen LogP contribution in [0.25, 0.3) is 0 Å². The second-order valence-corrected chi connectivity index (χ2v) is 4.83. The van der Waals surface area contributed by atoms with Gasteiger partial charge in [-0.3, -0.25) is 0 Å². The lowest BCUT2D eigenvalue weighted by Gasteiger charge is -2.10. The summed E-state index contributed by atoms with van der Waals surface area (Å²) < 4.78 is 7.04. The molecule has 5 nitrogen and oxygen atoms in total. The fourth-order valence-electron chi connectivity index (χ4n) is 1.89. The summed E-state index contributed by atoms with van der Waals surface area (Å²) >= 11 is 1.56. The van der Waals surface area contributed by atoms with Crippen molar-refractivity contribution in [2.75, 3.05) is 7.11 Å². The minimum Gasteiger partial charge on any atom is -0.481 e. The lowest BCUT2D eigenvalue weighted by molar-refractivity contribution is 0.368. The van der Waals surface area contributed by atoms with E-state index in [1.807, 2.05) is 26.3 Å². The summed E-state index contributed by atoms with van der Waals surface area (Å²) in [6, 6.07) is -0.280. The number of rotatable bonds is 3. The summed E-state index contributed by atoms with van der Waals surface area (Å²) in [7, 11) is 3.47. The summed E-state index contributed by atoms with van der Waals surface area (Å²) in [5.74, 6) is 0.697. The number of nitrogens with two attached hydrogens (primary N) is 1. The number of hydrogen-bond donors (Lipinski definition) is 1. The molecule has 0 radical (unpaired) electrons. The van der Waals surface area contributed by atoms with Crippen LogP contribution in [-0.2, 0) is 7.05 Å². The van der Waals surface area contributed by atoms with E-state index in [1.54, 1.807) is 23.1 Å². The first-order valence-corrected chi connectivity index (χ1v) is 6.17. The Morgan fingerprint density at radius 1 is 1.47 bits per heavy atom. The molecule has 2 heterocycles. The number of thiazole rings is 1. The van der Waals surface area contributed by atoms with E-state index in [4.69, 9.17) is 10.5 Å². The van der Waals surface area contributed by atoms with Crippen molar-refractivity contribution < 1.29 is 4.74 Å². The van der Waals surface area contributed by atoms with E-state index in [-0.39, 0.29) is 6.04 Å². The molecule has 6 heteroatoms. The molecule has 0 amide bonds. The van der Waals surface area contributed by atoms with Crippen LogP contribution in [0.2, 0.25) is 0 Å². The van der Waals surface area contributed by atoms with Crippen molar-refractivity contribution in [3.05, 3.63) is 27.3 Å². The maximum atomic E-state index is 6.23. The van der Waals surface area contributed by atoms with Gasteiger partial charge in [-0.1, -0.05) is 0 Å². The molecular weight excluding hydrogens is 236 g/mol. The molecule has 0 saturated heterocycles. The molecule has 2 rings (SSSR count). The maximum absolute atomic E-state index is 6.23. The molecule has 0 saturated carbocycles. The van der Waals surface area contributed by atoms with E-state index in [9.17, 15) is 0 Å². The van der Waals surface area contributed by atoms with Crippen LogP contribution in [0.5, 0.6) is 5.88 Å². The van der Waals surface area contributed by atoms with E-state index in [2.05, 4.69) is 10.1 Å². The average molecular weight is 252 g/mol. The zero-order chi connectivity index (χ0) is 12.6. The van der Waals surface area contributed by atoms with E-state index in [1.165, 1.54) is 0 Å². The summed E-state index contributed by atoms with van der Waals surface area (Å²) in [5, 5.41) is 7.20. The van der Waals surface area contributed by atoms with Crippen molar-refractivity contribution in [3.63, 3.8) is 0 Å². The monoisotopic (exact) mass is 252 g/mol. The number of hydrogen-bond acceptors (Lipinski definition) is 5. The van der Waals surface area contributed by atoms with Gasteiger partial charge in [0.1, 0.15) is 5.01 Å². The molecule has 2 aromatic rings. The highest BCUT2D eigenvalue weighted by molar-refractivity contribution is 7.09. The Hall–Kier alpha value is -1.40. The van der Waals surface area contributed by atoms with Crippen molar-refractivity contribution in [2.24, 2.45) is 12.8 Å². The molecule has 17 heavy (non-hydrogen) atoms. The molecule has 2 aromatic heterocycles. The Bertz CT molecular complexity index is 532. The van der Waals surface area contributed by atoms with E-state index in [0.717, 1.165) is 22.0 Å². The van der Waals surface area contributed by atoms with Crippen molar-refractivity contribution in [2.45, 2.75) is 19.9 Å². The van der Waals surface area contributed by atoms with Crippen LogP contribution in [-0.4, -0.2) is 21.9 Å². The number of methoxy groups -OCH3 is 1. The molecule has 0 fully saturated rings. The molecule has 0 aromatic carbocycles. The summed E-state index contributed by atoms with van der Waals surface area (Å²) in [4.78, 5) is 4.41. The zero-order valence-electron chi connectivity index (χ0n) is 10.4. The minimum absolute atomic E-state index is 0.280. The third-order valence-electron chi connectivity index (χ3n) is 2.62. The summed E-state index contributed by atoms with van der Waals surface area (Å²) in [5.41, 5.74) is 9.01. The second kappa shape index (κ2) is 4.46. The number of aryl methyl sites for hydroxylation is 3.